The number of hydrogen-bond acceptors (Lipinski definition) is 7. The molecular weight excluding hydrogens is 260 g/mol. The highest BCUT2D eigenvalue weighted by atomic mass is 32.2. The van der Waals surface area contributed by atoms with Gasteiger partial charge in [-0.3, -0.25) is 9.48 Å². The first kappa shape index (κ1) is 12.1. The van der Waals surface area contributed by atoms with E-state index in [0.29, 0.717) is 0 Å². The normalized spacial score (nSPS) is 10.5. The van der Waals surface area contributed by atoms with E-state index in [9.17, 15) is 4.79 Å². The molecule has 0 atom stereocenters. The van der Waals surface area contributed by atoms with Crippen molar-refractivity contribution in [2.75, 3.05) is 12.9 Å². The van der Waals surface area contributed by atoms with Crippen LogP contribution in [0.5, 0.6) is 0 Å². The van der Waals surface area contributed by atoms with Crippen LogP contribution in [0.3, 0.4) is 0 Å². The Hall–Kier alpha value is -1.41. The molecule has 0 radical (unpaired) electrons. The number of hydrogen-bond donors (Lipinski definition) is 0. The van der Waals surface area contributed by atoms with E-state index in [4.69, 9.17) is 0 Å². The second-order valence-electron chi connectivity index (χ2n) is 3.08. The first-order valence-electron chi connectivity index (χ1n) is 4.72. The summed E-state index contributed by atoms with van der Waals surface area (Å²) in [7, 11) is 3.21. The molecule has 0 N–H and O–H groups in total. The van der Waals surface area contributed by atoms with Gasteiger partial charge in [-0.1, -0.05) is 23.1 Å². The van der Waals surface area contributed by atoms with Crippen molar-refractivity contribution < 1.29 is 9.53 Å². The van der Waals surface area contributed by atoms with Crippen LogP contribution in [0.15, 0.2) is 16.6 Å². The maximum atomic E-state index is 11.0. The van der Waals surface area contributed by atoms with Gasteiger partial charge in [0.15, 0.2) is 9.35 Å². The Labute approximate surface area is 106 Å². The van der Waals surface area contributed by atoms with Crippen LogP contribution in [-0.2, 0) is 16.6 Å². The van der Waals surface area contributed by atoms with Crippen LogP contribution in [0.2, 0.25) is 0 Å². The van der Waals surface area contributed by atoms with Gasteiger partial charge in [-0.2, -0.15) is 5.10 Å². The molecule has 0 amide bonds. The molecule has 8 heteroatoms. The second-order valence-corrected chi connectivity index (χ2v) is 5.28. The van der Waals surface area contributed by atoms with Gasteiger partial charge in [-0.05, 0) is 6.07 Å². The predicted octanol–water partition coefficient (Wildman–Crippen LogP) is 1.20. The fourth-order valence-corrected chi connectivity index (χ4v) is 2.88. The van der Waals surface area contributed by atoms with E-state index in [-0.39, 0.29) is 11.7 Å². The van der Waals surface area contributed by atoms with Crippen LogP contribution in [0.25, 0.3) is 10.7 Å². The van der Waals surface area contributed by atoms with Crippen LogP contribution in [0.4, 0.5) is 0 Å². The van der Waals surface area contributed by atoms with Crippen LogP contribution >= 0.6 is 23.1 Å². The van der Waals surface area contributed by atoms with Crippen molar-refractivity contribution in [3.63, 3.8) is 0 Å². The number of nitrogens with zero attached hydrogens (tertiary/aromatic N) is 4. The number of methoxy groups -OCH3 is 1. The maximum Gasteiger partial charge on any atom is 0.316 e. The summed E-state index contributed by atoms with van der Waals surface area (Å²) in [6.07, 6.45) is 1.71. The number of carbonyl (C=O) groups is 1. The Bertz CT molecular complexity index is 523. The van der Waals surface area contributed by atoms with Gasteiger partial charge in [0, 0.05) is 13.2 Å². The molecule has 0 saturated heterocycles. The van der Waals surface area contributed by atoms with E-state index in [0.717, 1.165) is 15.0 Å². The average molecular weight is 270 g/mol. The topological polar surface area (TPSA) is 69.9 Å². The Kier molecular flexibility index (Phi) is 3.75. The molecule has 0 aromatic carbocycles. The van der Waals surface area contributed by atoms with Crippen molar-refractivity contribution in [1.29, 1.82) is 0 Å². The molecule has 2 heterocycles. The zero-order valence-corrected chi connectivity index (χ0v) is 10.9. The Balaban J connectivity index is 2.06. The Morgan fingerprint density at radius 1 is 1.59 bits per heavy atom. The number of aryl methyl sites for hydroxylation is 1. The molecule has 2 rings (SSSR count). The molecule has 0 fully saturated rings. The number of aromatic nitrogens is 4. The minimum absolute atomic E-state index is 0.247. The van der Waals surface area contributed by atoms with Crippen molar-refractivity contribution in [2.24, 2.45) is 7.05 Å². The first-order chi connectivity index (χ1) is 8.20. The fraction of sp³-hybridized carbons (Fsp3) is 0.333. The van der Waals surface area contributed by atoms with Gasteiger partial charge in [-0.25, -0.2) is 0 Å². The summed E-state index contributed by atoms with van der Waals surface area (Å²) < 4.78 is 7.03. The summed E-state index contributed by atoms with van der Waals surface area (Å²) in [6, 6.07) is 1.87. The molecule has 0 saturated carbocycles. The van der Waals surface area contributed by atoms with Gasteiger partial charge in [0.25, 0.3) is 0 Å². The van der Waals surface area contributed by atoms with Crippen molar-refractivity contribution in [2.45, 2.75) is 4.34 Å². The highest BCUT2D eigenvalue weighted by Gasteiger charge is 2.11. The Morgan fingerprint density at radius 2 is 2.41 bits per heavy atom. The van der Waals surface area contributed by atoms with Gasteiger partial charge in [-0.15, -0.1) is 10.2 Å². The molecule has 90 valence electrons. The van der Waals surface area contributed by atoms with Gasteiger partial charge in [0.2, 0.25) is 0 Å². The lowest BCUT2D eigenvalue weighted by molar-refractivity contribution is -0.137. The summed E-state index contributed by atoms with van der Waals surface area (Å²) in [6.45, 7) is 0. The predicted molar refractivity (Wildman–Crippen MR) is 64.9 cm³/mol. The summed E-state index contributed by atoms with van der Waals surface area (Å²) in [5, 5.41) is 12.9. The highest BCUT2D eigenvalue weighted by Crippen LogP contribution is 2.28. The number of thioether (sulfide) groups is 1. The zero-order valence-electron chi connectivity index (χ0n) is 9.28. The lowest BCUT2D eigenvalue weighted by atomic mass is 10.4. The van der Waals surface area contributed by atoms with Gasteiger partial charge in [0.05, 0.1) is 18.6 Å². The van der Waals surface area contributed by atoms with Crippen molar-refractivity contribution in [3.05, 3.63) is 12.3 Å². The summed E-state index contributed by atoms with van der Waals surface area (Å²) in [5.41, 5.74) is 0.910. The zero-order chi connectivity index (χ0) is 12.3. The smallest absolute Gasteiger partial charge is 0.316 e. The maximum absolute atomic E-state index is 11.0. The molecule has 0 aliphatic rings. The fourth-order valence-electron chi connectivity index (χ4n) is 1.13. The van der Waals surface area contributed by atoms with Crippen molar-refractivity contribution in [3.8, 4) is 10.7 Å². The highest BCUT2D eigenvalue weighted by molar-refractivity contribution is 8.01. The molecular formula is C9H10N4O2S2. The van der Waals surface area contributed by atoms with E-state index in [2.05, 4.69) is 20.0 Å². The van der Waals surface area contributed by atoms with E-state index in [1.54, 1.807) is 10.9 Å². The number of rotatable bonds is 4. The quantitative estimate of drug-likeness (QED) is 0.614. The van der Waals surface area contributed by atoms with E-state index >= 15 is 0 Å². The molecule has 17 heavy (non-hydrogen) atoms. The van der Waals surface area contributed by atoms with Crippen LogP contribution in [0.1, 0.15) is 0 Å². The minimum atomic E-state index is -0.271. The standard InChI is InChI=1S/C9H10N4O2S2/c1-13-6(3-4-10-13)8-11-12-9(17-8)16-5-7(14)15-2/h3-4H,5H2,1-2H3. The van der Waals surface area contributed by atoms with Crippen molar-refractivity contribution >= 4 is 29.1 Å². The van der Waals surface area contributed by atoms with E-state index < -0.39 is 0 Å². The van der Waals surface area contributed by atoms with Crippen LogP contribution in [-0.4, -0.2) is 38.8 Å². The molecule has 0 bridgehead atoms. The number of esters is 1. The molecule has 2 aromatic rings. The number of carbonyl (C=O) groups excluding carboxylic acids is 1. The second kappa shape index (κ2) is 5.28. The van der Waals surface area contributed by atoms with Crippen LogP contribution < -0.4 is 0 Å². The molecule has 0 aliphatic heterocycles. The number of ether oxygens (including phenoxy) is 1. The third kappa shape index (κ3) is 2.83. The first-order valence-corrected chi connectivity index (χ1v) is 6.52. The average Bonchev–Trinajstić information content (AvgIpc) is 2.94. The van der Waals surface area contributed by atoms with Crippen molar-refractivity contribution in [1.82, 2.24) is 20.0 Å². The van der Waals surface area contributed by atoms with Gasteiger partial charge < -0.3 is 4.74 Å². The molecule has 2 aromatic heterocycles. The minimum Gasteiger partial charge on any atom is -0.468 e. The monoisotopic (exact) mass is 270 g/mol. The van der Waals surface area contributed by atoms with Gasteiger partial charge >= 0.3 is 5.97 Å². The van der Waals surface area contributed by atoms with E-state index in [1.807, 2.05) is 13.1 Å². The molecule has 0 spiro atoms. The van der Waals surface area contributed by atoms with Crippen LogP contribution in [0, 0.1) is 0 Å². The summed E-state index contributed by atoms with van der Waals surface area (Å²) in [5.74, 6) is -0.0245. The SMILES string of the molecule is COC(=O)CSc1nnc(-c2ccnn2C)s1. The third-order valence-corrected chi connectivity index (χ3v) is 4.04. The molecule has 6 nitrogen and oxygen atoms in total. The molecule has 0 aliphatic carbocycles. The summed E-state index contributed by atoms with van der Waals surface area (Å²) >= 11 is 2.75. The lowest BCUT2D eigenvalue weighted by Crippen LogP contribution is -2.02. The van der Waals surface area contributed by atoms with E-state index in [1.165, 1.54) is 30.2 Å². The largest absolute Gasteiger partial charge is 0.468 e. The third-order valence-electron chi connectivity index (χ3n) is 1.99. The lowest BCUT2D eigenvalue weighted by Gasteiger charge is -1.95. The summed E-state index contributed by atoms with van der Waals surface area (Å²) in [4.78, 5) is 11.0. The van der Waals surface area contributed by atoms with Gasteiger partial charge in [0.1, 0.15) is 0 Å². The molecule has 0 unspecified atom stereocenters. The Morgan fingerprint density at radius 3 is 3.06 bits per heavy atom.